The first-order chi connectivity index (χ1) is 9.69. The highest BCUT2D eigenvalue weighted by Gasteiger charge is 2.05. The zero-order valence-electron chi connectivity index (χ0n) is 11.8. The van der Waals surface area contributed by atoms with Crippen LogP contribution in [0.15, 0.2) is 29.1 Å². The SMILES string of the molecule is COCCNCc1cn(Cc2cncc(Br)c2)nc1C. The fraction of sp³-hybridized carbons (Fsp3) is 0.429. The largest absolute Gasteiger partial charge is 0.383 e. The molecule has 0 radical (unpaired) electrons. The van der Waals surface area contributed by atoms with Crippen LogP contribution in [0.1, 0.15) is 16.8 Å². The third-order valence-electron chi connectivity index (χ3n) is 2.95. The van der Waals surface area contributed by atoms with Crippen molar-refractivity contribution >= 4 is 15.9 Å². The van der Waals surface area contributed by atoms with Crippen LogP contribution in [0.25, 0.3) is 0 Å². The molecule has 20 heavy (non-hydrogen) atoms. The maximum atomic E-state index is 5.01. The second-order valence-electron chi connectivity index (χ2n) is 4.62. The lowest BCUT2D eigenvalue weighted by atomic mass is 10.2. The van der Waals surface area contributed by atoms with Crippen molar-refractivity contribution in [3.05, 3.63) is 46.0 Å². The van der Waals surface area contributed by atoms with Gasteiger partial charge in [0.2, 0.25) is 0 Å². The van der Waals surface area contributed by atoms with Crippen LogP contribution in [0.4, 0.5) is 0 Å². The quantitative estimate of drug-likeness (QED) is 0.786. The number of pyridine rings is 1. The van der Waals surface area contributed by atoms with Crippen molar-refractivity contribution < 1.29 is 4.74 Å². The van der Waals surface area contributed by atoms with Gasteiger partial charge in [-0.05, 0) is 34.5 Å². The van der Waals surface area contributed by atoms with Crippen molar-refractivity contribution in [1.29, 1.82) is 0 Å². The van der Waals surface area contributed by atoms with Crippen molar-refractivity contribution in [3.8, 4) is 0 Å². The van der Waals surface area contributed by atoms with Crippen LogP contribution in [0.3, 0.4) is 0 Å². The standard InChI is InChI=1S/C14H19BrN4O/c1-11-13(7-16-3-4-20-2)10-19(18-11)9-12-5-14(15)8-17-6-12/h5-6,8,10,16H,3-4,7,9H2,1-2H3. The first kappa shape index (κ1) is 15.2. The molecular weight excluding hydrogens is 320 g/mol. The highest BCUT2D eigenvalue weighted by Crippen LogP contribution is 2.12. The summed E-state index contributed by atoms with van der Waals surface area (Å²) in [5.41, 5.74) is 3.39. The summed E-state index contributed by atoms with van der Waals surface area (Å²) >= 11 is 3.43. The van der Waals surface area contributed by atoms with Crippen LogP contribution in [-0.4, -0.2) is 35.0 Å². The number of halogens is 1. The summed E-state index contributed by atoms with van der Waals surface area (Å²) in [5, 5.41) is 7.87. The zero-order chi connectivity index (χ0) is 14.4. The molecular formula is C14H19BrN4O. The van der Waals surface area contributed by atoms with Gasteiger partial charge in [0.1, 0.15) is 0 Å². The molecule has 6 heteroatoms. The third-order valence-corrected chi connectivity index (χ3v) is 3.39. The Hall–Kier alpha value is -1.24. The maximum absolute atomic E-state index is 5.01. The molecule has 0 aliphatic heterocycles. The lowest BCUT2D eigenvalue weighted by Crippen LogP contribution is -2.18. The lowest BCUT2D eigenvalue weighted by Gasteiger charge is -2.02. The van der Waals surface area contributed by atoms with Gasteiger partial charge < -0.3 is 10.1 Å². The van der Waals surface area contributed by atoms with E-state index in [0.29, 0.717) is 0 Å². The molecule has 0 amide bonds. The highest BCUT2D eigenvalue weighted by molar-refractivity contribution is 9.10. The summed E-state index contributed by atoms with van der Waals surface area (Å²) in [7, 11) is 1.71. The van der Waals surface area contributed by atoms with E-state index in [-0.39, 0.29) is 0 Å². The van der Waals surface area contributed by atoms with E-state index in [9.17, 15) is 0 Å². The van der Waals surface area contributed by atoms with E-state index < -0.39 is 0 Å². The number of rotatable bonds is 7. The van der Waals surface area contributed by atoms with E-state index in [0.717, 1.165) is 42.0 Å². The van der Waals surface area contributed by atoms with Crippen LogP contribution in [0, 0.1) is 6.92 Å². The average molecular weight is 339 g/mol. The van der Waals surface area contributed by atoms with E-state index in [1.807, 2.05) is 17.8 Å². The Morgan fingerprint density at radius 3 is 3.00 bits per heavy atom. The zero-order valence-corrected chi connectivity index (χ0v) is 13.4. The average Bonchev–Trinajstić information content (AvgIpc) is 2.75. The van der Waals surface area contributed by atoms with Crippen LogP contribution >= 0.6 is 15.9 Å². The number of aromatic nitrogens is 3. The molecule has 0 aromatic carbocycles. The van der Waals surface area contributed by atoms with Gasteiger partial charge in [0.05, 0.1) is 18.8 Å². The topological polar surface area (TPSA) is 52.0 Å². The van der Waals surface area contributed by atoms with Crippen LogP contribution < -0.4 is 5.32 Å². The van der Waals surface area contributed by atoms with Gasteiger partial charge in [-0.1, -0.05) is 0 Å². The number of aryl methyl sites for hydroxylation is 1. The minimum absolute atomic E-state index is 0.719. The molecule has 0 bridgehead atoms. The summed E-state index contributed by atoms with van der Waals surface area (Å²) in [5.74, 6) is 0. The molecule has 0 unspecified atom stereocenters. The van der Waals surface area contributed by atoms with Gasteiger partial charge in [0.25, 0.3) is 0 Å². The molecule has 0 fully saturated rings. The molecule has 2 aromatic heterocycles. The first-order valence-corrected chi connectivity index (χ1v) is 7.30. The van der Waals surface area contributed by atoms with Crippen LogP contribution in [-0.2, 0) is 17.8 Å². The minimum Gasteiger partial charge on any atom is -0.383 e. The number of nitrogens with one attached hydrogen (secondary N) is 1. The Balaban J connectivity index is 1.96. The smallest absolute Gasteiger partial charge is 0.0674 e. The Kier molecular flexibility index (Phi) is 5.70. The summed E-state index contributed by atoms with van der Waals surface area (Å²) in [6, 6.07) is 2.06. The van der Waals surface area contributed by atoms with Gasteiger partial charge in [-0.3, -0.25) is 9.67 Å². The predicted molar refractivity (Wildman–Crippen MR) is 81.6 cm³/mol. The number of hydrogen-bond acceptors (Lipinski definition) is 4. The van der Waals surface area contributed by atoms with Gasteiger partial charge in [0, 0.05) is 48.8 Å². The number of ether oxygens (including phenoxy) is 1. The van der Waals surface area contributed by atoms with Crippen molar-refractivity contribution in [3.63, 3.8) is 0 Å². The van der Waals surface area contributed by atoms with Crippen molar-refractivity contribution in [1.82, 2.24) is 20.1 Å². The number of nitrogens with zero attached hydrogens (tertiary/aromatic N) is 3. The molecule has 0 aliphatic rings. The van der Waals surface area contributed by atoms with Gasteiger partial charge in [0.15, 0.2) is 0 Å². The fourth-order valence-corrected chi connectivity index (χ4v) is 2.35. The van der Waals surface area contributed by atoms with Crippen LogP contribution in [0.5, 0.6) is 0 Å². The molecule has 2 aromatic rings. The van der Waals surface area contributed by atoms with Gasteiger partial charge >= 0.3 is 0 Å². The highest BCUT2D eigenvalue weighted by atomic mass is 79.9. The Bertz CT molecular complexity index is 556. The van der Waals surface area contributed by atoms with E-state index >= 15 is 0 Å². The summed E-state index contributed by atoms with van der Waals surface area (Å²) in [6.45, 7) is 5.13. The molecule has 2 heterocycles. The van der Waals surface area contributed by atoms with E-state index in [4.69, 9.17) is 4.74 Å². The monoisotopic (exact) mass is 338 g/mol. The number of hydrogen-bond donors (Lipinski definition) is 1. The van der Waals surface area contributed by atoms with E-state index in [1.165, 1.54) is 5.56 Å². The maximum Gasteiger partial charge on any atom is 0.0674 e. The predicted octanol–water partition coefficient (Wildman–Crippen LogP) is 2.13. The molecule has 108 valence electrons. The van der Waals surface area contributed by atoms with Crippen molar-refractivity contribution in [2.75, 3.05) is 20.3 Å². The molecule has 2 rings (SSSR count). The van der Waals surface area contributed by atoms with Gasteiger partial charge in [-0.15, -0.1) is 0 Å². The van der Waals surface area contributed by atoms with Gasteiger partial charge in [-0.25, -0.2) is 0 Å². The van der Waals surface area contributed by atoms with Crippen molar-refractivity contribution in [2.45, 2.75) is 20.0 Å². The minimum atomic E-state index is 0.719. The summed E-state index contributed by atoms with van der Waals surface area (Å²) in [6.07, 6.45) is 5.72. The molecule has 0 saturated carbocycles. The van der Waals surface area contributed by atoms with Gasteiger partial charge in [-0.2, -0.15) is 5.10 Å². The Morgan fingerprint density at radius 1 is 1.40 bits per heavy atom. The first-order valence-electron chi connectivity index (χ1n) is 6.51. The third kappa shape index (κ3) is 4.40. The lowest BCUT2D eigenvalue weighted by molar-refractivity contribution is 0.199. The van der Waals surface area contributed by atoms with E-state index in [2.05, 4.69) is 43.6 Å². The Morgan fingerprint density at radius 2 is 2.25 bits per heavy atom. The fourth-order valence-electron chi connectivity index (χ4n) is 1.94. The second kappa shape index (κ2) is 7.52. The van der Waals surface area contributed by atoms with E-state index in [1.54, 1.807) is 13.3 Å². The summed E-state index contributed by atoms with van der Waals surface area (Å²) < 4.78 is 7.95. The molecule has 1 N–H and O–H groups in total. The summed E-state index contributed by atoms with van der Waals surface area (Å²) in [4.78, 5) is 4.17. The number of methoxy groups -OCH3 is 1. The van der Waals surface area contributed by atoms with Crippen molar-refractivity contribution in [2.24, 2.45) is 0 Å². The molecule has 0 saturated heterocycles. The van der Waals surface area contributed by atoms with Crippen LogP contribution in [0.2, 0.25) is 0 Å². The Labute approximate surface area is 127 Å². The molecule has 0 aliphatic carbocycles. The molecule has 5 nitrogen and oxygen atoms in total. The second-order valence-corrected chi connectivity index (χ2v) is 5.53. The molecule has 0 spiro atoms. The normalized spacial score (nSPS) is 10.9. The molecule has 0 atom stereocenters.